The zero-order valence-corrected chi connectivity index (χ0v) is 9.01. The molecule has 2 aromatic rings. The first-order chi connectivity index (χ1) is 7.84. The van der Waals surface area contributed by atoms with Crippen LogP contribution in [0, 0.1) is 0 Å². The Hall–Kier alpha value is -2.09. The molecule has 2 aromatic carbocycles. The van der Waals surface area contributed by atoms with Gasteiger partial charge in [0.1, 0.15) is 0 Å². The molecule has 0 aromatic heterocycles. The van der Waals surface area contributed by atoms with Crippen molar-refractivity contribution in [3.8, 4) is 0 Å². The van der Waals surface area contributed by atoms with Crippen LogP contribution >= 0.6 is 0 Å². The molecule has 0 atom stereocenters. The lowest BCUT2D eigenvalue weighted by Gasteiger charge is -1.97. The van der Waals surface area contributed by atoms with Crippen LogP contribution in [0.1, 0.15) is 11.1 Å². The van der Waals surface area contributed by atoms with Gasteiger partial charge in [-0.2, -0.15) is 0 Å². The molecule has 2 rings (SSSR count). The van der Waals surface area contributed by atoms with Crippen LogP contribution in [0.15, 0.2) is 59.6 Å². The maximum atomic E-state index is 5.61. The molecule has 0 aliphatic carbocycles. The molecule has 0 heterocycles. The Kier molecular flexibility index (Phi) is 3.34. The van der Waals surface area contributed by atoms with Gasteiger partial charge in [-0.25, -0.2) is 0 Å². The largest absolute Gasteiger partial charge is 0.399 e. The van der Waals surface area contributed by atoms with Crippen LogP contribution in [0.4, 0.5) is 5.69 Å². The minimum Gasteiger partial charge on any atom is -0.399 e. The average Bonchev–Trinajstić information content (AvgIpc) is 2.33. The van der Waals surface area contributed by atoms with Crippen LogP contribution in [0.2, 0.25) is 0 Å². The van der Waals surface area contributed by atoms with E-state index < -0.39 is 0 Å². The smallest absolute Gasteiger partial charge is 0.0640 e. The standard InChI is InChI=1S/C14H14N2/c15-14-8-6-13(7-9-14)11-16-10-12-4-2-1-3-5-12/h1-10H,11,15H2. The molecule has 2 N–H and O–H groups in total. The molecule has 2 heteroatoms. The maximum absolute atomic E-state index is 5.61. The Bertz CT molecular complexity index is 458. The van der Waals surface area contributed by atoms with E-state index in [4.69, 9.17) is 5.73 Å². The topological polar surface area (TPSA) is 38.4 Å². The summed E-state index contributed by atoms with van der Waals surface area (Å²) in [6.07, 6.45) is 1.89. The summed E-state index contributed by atoms with van der Waals surface area (Å²) in [5.41, 5.74) is 8.69. The summed E-state index contributed by atoms with van der Waals surface area (Å²) in [6.45, 7) is 0.690. The van der Waals surface area contributed by atoms with Gasteiger partial charge in [0.15, 0.2) is 0 Å². The number of anilines is 1. The van der Waals surface area contributed by atoms with Gasteiger partial charge in [-0.05, 0) is 23.3 Å². The van der Waals surface area contributed by atoms with Gasteiger partial charge in [-0.1, -0.05) is 42.5 Å². The number of nitrogens with zero attached hydrogens (tertiary/aromatic N) is 1. The van der Waals surface area contributed by atoms with Gasteiger partial charge in [-0.15, -0.1) is 0 Å². The third-order valence-electron chi connectivity index (χ3n) is 2.29. The van der Waals surface area contributed by atoms with E-state index in [0.717, 1.165) is 11.3 Å². The highest BCUT2D eigenvalue weighted by Gasteiger charge is 1.89. The summed E-state index contributed by atoms with van der Waals surface area (Å²) >= 11 is 0. The third-order valence-corrected chi connectivity index (χ3v) is 2.29. The van der Waals surface area contributed by atoms with Crippen molar-refractivity contribution >= 4 is 11.9 Å². The first-order valence-corrected chi connectivity index (χ1v) is 5.24. The van der Waals surface area contributed by atoms with Gasteiger partial charge in [0.2, 0.25) is 0 Å². The summed E-state index contributed by atoms with van der Waals surface area (Å²) in [4.78, 5) is 4.38. The fourth-order valence-electron chi connectivity index (χ4n) is 1.42. The fraction of sp³-hybridized carbons (Fsp3) is 0.0714. The molecule has 0 radical (unpaired) electrons. The fourth-order valence-corrected chi connectivity index (χ4v) is 1.42. The number of hydrogen-bond donors (Lipinski definition) is 1. The minimum absolute atomic E-state index is 0.690. The van der Waals surface area contributed by atoms with E-state index in [1.165, 1.54) is 5.56 Å². The number of benzene rings is 2. The van der Waals surface area contributed by atoms with Gasteiger partial charge in [0.25, 0.3) is 0 Å². The van der Waals surface area contributed by atoms with Crippen molar-refractivity contribution in [2.45, 2.75) is 6.54 Å². The number of rotatable bonds is 3. The maximum Gasteiger partial charge on any atom is 0.0640 e. The predicted octanol–water partition coefficient (Wildman–Crippen LogP) is 2.89. The van der Waals surface area contributed by atoms with Gasteiger partial charge in [-0.3, -0.25) is 4.99 Å². The molecule has 0 amide bonds. The molecule has 0 bridgehead atoms. The van der Waals surface area contributed by atoms with Crippen molar-refractivity contribution in [1.82, 2.24) is 0 Å². The lowest BCUT2D eigenvalue weighted by molar-refractivity contribution is 1.08. The van der Waals surface area contributed by atoms with E-state index >= 15 is 0 Å². The van der Waals surface area contributed by atoms with Crippen molar-refractivity contribution < 1.29 is 0 Å². The number of hydrogen-bond acceptors (Lipinski definition) is 2. The van der Waals surface area contributed by atoms with E-state index in [1.807, 2.05) is 60.8 Å². The zero-order chi connectivity index (χ0) is 11.2. The van der Waals surface area contributed by atoms with Crippen molar-refractivity contribution in [1.29, 1.82) is 0 Å². The molecule has 16 heavy (non-hydrogen) atoms. The molecule has 0 aliphatic rings. The molecular formula is C14H14N2. The highest BCUT2D eigenvalue weighted by Crippen LogP contribution is 2.06. The number of nitrogen functional groups attached to an aromatic ring is 1. The van der Waals surface area contributed by atoms with Crippen LogP contribution in [-0.2, 0) is 6.54 Å². The molecule has 80 valence electrons. The third kappa shape index (κ3) is 2.95. The second kappa shape index (κ2) is 5.12. The summed E-state index contributed by atoms with van der Waals surface area (Å²) in [7, 11) is 0. The van der Waals surface area contributed by atoms with E-state index in [9.17, 15) is 0 Å². The lowest BCUT2D eigenvalue weighted by atomic mass is 10.2. The van der Waals surface area contributed by atoms with Gasteiger partial charge in [0, 0.05) is 11.9 Å². The van der Waals surface area contributed by atoms with Crippen LogP contribution in [-0.4, -0.2) is 6.21 Å². The van der Waals surface area contributed by atoms with Crippen molar-refractivity contribution in [3.63, 3.8) is 0 Å². The van der Waals surface area contributed by atoms with Gasteiger partial charge >= 0.3 is 0 Å². The minimum atomic E-state index is 0.690. The molecular weight excluding hydrogens is 196 g/mol. The summed E-state index contributed by atoms with van der Waals surface area (Å²) in [6, 6.07) is 17.9. The lowest BCUT2D eigenvalue weighted by Crippen LogP contribution is -1.87. The average molecular weight is 210 g/mol. The number of nitrogens with two attached hydrogens (primary N) is 1. The van der Waals surface area contributed by atoms with Gasteiger partial charge < -0.3 is 5.73 Å². The second-order valence-electron chi connectivity index (χ2n) is 3.62. The quantitative estimate of drug-likeness (QED) is 0.614. The molecule has 0 saturated heterocycles. The van der Waals surface area contributed by atoms with Crippen molar-refractivity contribution in [2.24, 2.45) is 4.99 Å². The summed E-state index contributed by atoms with van der Waals surface area (Å²) in [5, 5.41) is 0. The molecule has 0 saturated carbocycles. The Morgan fingerprint density at radius 2 is 1.62 bits per heavy atom. The van der Waals surface area contributed by atoms with Crippen molar-refractivity contribution in [2.75, 3.05) is 5.73 Å². The van der Waals surface area contributed by atoms with E-state index in [2.05, 4.69) is 4.99 Å². The van der Waals surface area contributed by atoms with Crippen LogP contribution in [0.5, 0.6) is 0 Å². The normalized spacial score (nSPS) is 10.8. The second-order valence-corrected chi connectivity index (χ2v) is 3.62. The highest BCUT2D eigenvalue weighted by molar-refractivity contribution is 5.79. The monoisotopic (exact) mass is 210 g/mol. The highest BCUT2D eigenvalue weighted by atomic mass is 14.7. The SMILES string of the molecule is Nc1ccc(CN=Cc2ccccc2)cc1. The first kappa shape index (κ1) is 10.4. The Balaban J connectivity index is 1.97. The van der Waals surface area contributed by atoms with Crippen LogP contribution < -0.4 is 5.73 Å². The molecule has 0 unspecified atom stereocenters. The Morgan fingerprint density at radius 3 is 2.31 bits per heavy atom. The summed E-state index contributed by atoms with van der Waals surface area (Å²) < 4.78 is 0. The van der Waals surface area contributed by atoms with Gasteiger partial charge in [0.05, 0.1) is 6.54 Å². The molecule has 0 aliphatic heterocycles. The van der Waals surface area contributed by atoms with E-state index in [-0.39, 0.29) is 0 Å². The molecule has 2 nitrogen and oxygen atoms in total. The van der Waals surface area contributed by atoms with E-state index in [0.29, 0.717) is 6.54 Å². The van der Waals surface area contributed by atoms with Crippen LogP contribution in [0.25, 0.3) is 0 Å². The Morgan fingerprint density at radius 1 is 0.938 bits per heavy atom. The van der Waals surface area contributed by atoms with E-state index in [1.54, 1.807) is 0 Å². The zero-order valence-electron chi connectivity index (χ0n) is 9.01. The summed E-state index contributed by atoms with van der Waals surface area (Å²) in [5.74, 6) is 0. The van der Waals surface area contributed by atoms with Crippen LogP contribution in [0.3, 0.4) is 0 Å². The molecule has 0 fully saturated rings. The molecule has 0 spiro atoms. The van der Waals surface area contributed by atoms with Crippen molar-refractivity contribution in [3.05, 3.63) is 65.7 Å². The Labute approximate surface area is 95.5 Å². The predicted molar refractivity (Wildman–Crippen MR) is 68.6 cm³/mol. The first-order valence-electron chi connectivity index (χ1n) is 5.24. The number of aliphatic imine (C=N–C) groups is 1.